The quantitative estimate of drug-likeness (QED) is 0.644. The molecule has 3 rings (SSSR count). The summed E-state index contributed by atoms with van der Waals surface area (Å²) in [6.07, 6.45) is 13.5. The largest absolute Gasteiger partial charge is 0.497 e. The number of anilines is 1. The number of nitrogens with zero attached hydrogens (tertiary/aromatic N) is 2. The Morgan fingerprint density at radius 2 is 2.03 bits per heavy atom. The molecule has 0 unspecified atom stereocenters. The summed E-state index contributed by atoms with van der Waals surface area (Å²) in [6, 6.07) is 6.09. The maximum Gasteiger partial charge on any atom is 0.222 e. The number of benzene rings is 1. The van der Waals surface area contributed by atoms with E-state index in [-0.39, 0.29) is 5.91 Å². The monoisotopic (exact) mass is 403 g/mol. The Morgan fingerprint density at radius 3 is 2.73 bits per heavy atom. The van der Waals surface area contributed by atoms with Crippen LogP contribution in [0.2, 0.25) is 0 Å². The smallest absolute Gasteiger partial charge is 0.222 e. The molecule has 0 fully saturated rings. The lowest BCUT2D eigenvalue weighted by Gasteiger charge is -2.21. The van der Waals surface area contributed by atoms with Crippen molar-refractivity contribution >= 4 is 11.7 Å². The van der Waals surface area contributed by atoms with Gasteiger partial charge in [-0.1, -0.05) is 30.4 Å². The first-order chi connectivity index (χ1) is 14.5. The van der Waals surface area contributed by atoms with E-state index >= 15 is 0 Å². The molecule has 1 N–H and O–H groups in total. The van der Waals surface area contributed by atoms with Crippen LogP contribution in [0, 0.1) is 0 Å². The number of nitrogens with one attached hydrogen (secondary N) is 1. The molecule has 1 heterocycles. The van der Waals surface area contributed by atoms with Gasteiger partial charge in [0.15, 0.2) is 5.82 Å². The minimum atomic E-state index is -0.135. The predicted octanol–water partition coefficient (Wildman–Crippen LogP) is 5.22. The number of rotatable bonds is 7. The van der Waals surface area contributed by atoms with Gasteiger partial charge in [-0.3, -0.25) is 4.79 Å². The second-order valence-electron chi connectivity index (χ2n) is 7.29. The van der Waals surface area contributed by atoms with Crippen LogP contribution >= 0.6 is 0 Å². The number of carbonyl (C=O) groups excluding carboxylic acids is 1. The number of methoxy groups -OCH3 is 1. The van der Waals surface area contributed by atoms with E-state index in [0.29, 0.717) is 12.2 Å². The number of carbonyl (C=O) groups is 1. The van der Waals surface area contributed by atoms with E-state index in [4.69, 9.17) is 14.7 Å². The average Bonchev–Trinajstić information content (AvgIpc) is 2.74. The van der Waals surface area contributed by atoms with Crippen molar-refractivity contribution < 1.29 is 9.53 Å². The molecule has 0 aliphatic heterocycles. The van der Waals surface area contributed by atoms with Gasteiger partial charge in [0, 0.05) is 12.5 Å². The van der Waals surface area contributed by atoms with Gasteiger partial charge in [-0.05, 0) is 68.9 Å². The van der Waals surface area contributed by atoms with Gasteiger partial charge < -0.3 is 10.1 Å². The van der Waals surface area contributed by atoms with Crippen LogP contribution in [0.15, 0.2) is 54.2 Å². The van der Waals surface area contributed by atoms with Crippen LogP contribution in [-0.2, 0) is 24.1 Å². The Kier molecular flexibility index (Phi) is 7.17. The molecule has 2 aromatic rings. The molecule has 30 heavy (non-hydrogen) atoms. The number of aryl methyl sites for hydroxylation is 3. The highest BCUT2D eigenvalue weighted by molar-refractivity contribution is 5.88. The highest BCUT2D eigenvalue weighted by Crippen LogP contribution is 2.35. The first-order valence-corrected chi connectivity index (χ1v) is 10.3. The van der Waals surface area contributed by atoms with E-state index in [0.717, 1.165) is 47.7 Å². The van der Waals surface area contributed by atoms with Crippen molar-refractivity contribution in [2.45, 2.75) is 46.5 Å². The SMILES string of the molecule is C\C=C/C=C(\C=C/C)CCc1nc2c(nc1NC(C)=O)CCc1cc(OC)ccc1-2. The van der Waals surface area contributed by atoms with Gasteiger partial charge in [0.1, 0.15) is 5.75 Å². The second kappa shape index (κ2) is 10.0. The molecule has 5 heteroatoms. The zero-order valence-electron chi connectivity index (χ0n) is 18.2. The summed E-state index contributed by atoms with van der Waals surface area (Å²) in [5.74, 6) is 1.29. The van der Waals surface area contributed by atoms with Gasteiger partial charge in [0.05, 0.1) is 24.2 Å². The number of ether oxygens (including phenoxy) is 1. The number of aromatic nitrogens is 2. The van der Waals surface area contributed by atoms with Crippen LogP contribution in [-0.4, -0.2) is 23.0 Å². The summed E-state index contributed by atoms with van der Waals surface area (Å²) in [5, 5.41) is 2.88. The minimum absolute atomic E-state index is 0.135. The molecule has 0 spiro atoms. The van der Waals surface area contributed by atoms with E-state index in [1.165, 1.54) is 18.1 Å². The lowest BCUT2D eigenvalue weighted by Crippen LogP contribution is -2.16. The van der Waals surface area contributed by atoms with E-state index in [1.807, 2.05) is 38.1 Å². The third-order valence-corrected chi connectivity index (χ3v) is 5.07. The normalized spacial score (nSPS) is 13.4. The summed E-state index contributed by atoms with van der Waals surface area (Å²) in [5.41, 5.74) is 6.17. The predicted molar refractivity (Wildman–Crippen MR) is 122 cm³/mol. The molecule has 0 radical (unpaired) electrons. The first-order valence-electron chi connectivity index (χ1n) is 10.3. The minimum Gasteiger partial charge on any atom is -0.497 e. The maximum atomic E-state index is 11.8. The standard InChI is InChI=1S/C25H29N3O2/c1-5-7-9-18(8-6-2)10-14-23-25(26-17(3)29)28-22-15-11-19-16-20(30-4)12-13-21(19)24(22)27-23/h5-9,12-13,16H,10-11,14-15H2,1-4H3,(H,26,28,29)/b7-5-,8-6-,18-9+. The number of allylic oxidation sites excluding steroid dienone is 6. The Bertz CT molecular complexity index is 1020. The number of hydrogen-bond donors (Lipinski definition) is 1. The topological polar surface area (TPSA) is 64.1 Å². The van der Waals surface area contributed by atoms with E-state index in [9.17, 15) is 4.79 Å². The van der Waals surface area contributed by atoms with Gasteiger partial charge in [-0.25, -0.2) is 9.97 Å². The van der Waals surface area contributed by atoms with Gasteiger partial charge in [0.2, 0.25) is 5.91 Å². The zero-order valence-corrected chi connectivity index (χ0v) is 18.2. The average molecular weight is 404 g/mol. The molecule has 1 aromatic carbocycles. The van der Waals surface area contributed by atoms with Crippen LogP contribution in [0.1, 0.15) is 44.1 Å². The van der Waals surface area contributed by atoms with Crippen LogP contribution in [0.5, 0.6) is 5.75 Å². The third-order valence-electron chi connectivity index (χ3n) is 5.07. The van der Waals surface area contributed by atoms with Crippen LogP contribution in [0.3, 0.4) is 0 Å². The Balaban J connectivity index is 2.00. The van der Waals surface area contributed by atoms with Crippen LogP contribution in [0.4, 0.5) is 5.82 Å². The summed E-state index contributed by atoms with van der Waals surface area (Å²) in [7, 11) is 1.68. The molecule has 1 aromatic heterocycles. The lowest BCUT2D eigenvalue weighted by molar-refractivity contribution is -0.114. The summed E-state index contributed by atoms with van der Waals surface area (Å²) in [6.45, 7) is 5.51. The number of fused-ring (bicyclic) bond motifs is 3. The molecule has 1 amide bonds. The molecule has 0 bridgehead atoms. The Labute approximate surface area is 178 Å². The first kappa shape index (κ1) is 21.5. The molecule has 5 nitrogen and oxygen atoms in total. The fourth-order valence-electron chi connectivity index (χ4n) is 3.64. The number of amides is 1. The lowest BCUT2D eigenvalue weighted by atomic mass is 9.91. The van der Waals surface area contributed by atoms with Crippen molar-refractivity contribution in [2.75, 3.05) is 12.4 Å². The molecule has 0 saturated heterocycles. The van der Waals surface area contributed by atoms with Crippen molar-refractivity contribution in [1.29, 1.82) is 0 Å². The van der Waals surface area contributed by atoms with Crippen molar-refractivity contribution in [3.8, 4) is 17.0 Å². The van der Waals surface area contributed by atoms with E-state index < -0.39 is 0 Å². The van der Waals surface area contributed by atoms with Crippen LogP contribution < -0.4 is 10.1 Å². The maximum absolute atomic E-state index is 11.8. The number of hydrogen-bond acceptors (Lipinski definition) is 4. The fourth-order valence-corrected chi connectivity index (χ4v) is 3.64. The molecule has 156 valence electrons. The molecule has 1 aliphatic carbocycles. The summed E-state index contributed by atoms with van der Waals surface area (Å²) in [4.78, 5) is 21.6. The molecule has 1 aliphatic rings. The van der Waals surface area contributed by atoms with E-state index in [2.05, 4.69) is 29.6 Å². The van der Waals surface area contributed by atoms with Gasteiger partial charge in [-0.2, -0.15) is 0 Å². The molecular formula is C25H29N3O2. The third kappa shape index (κ3) is 5.03. The Morgan fingerprint density at radius 1 is 1.20 bits per heavy atom. The second-order valence-corrected chi connectivity index (χ2v) is 7.29. The van der Waals surface area contributed by atoms with E-state index in [1.54, 1.807) is 7.11 Å². The van der Waals surface area contributed by atoms with Crippen molar-refractivity contribution in [3.63, 3.8) is 0 Å². The Hall–Kier alpha value is -3.21. The van der Waals surface area contributed by atoms with Crippen molar-refractivity contribution in [2.24, 2.45) is 0 Å². The van der Waals surface area contributed by atoms with Crippen LogP contribution in [0.25, 0.3) is 11.3 Å². The highest BCUT2D eigenvalue weighted by Gasteiger charge is 2.22. The molecule has 0 atom stereocenters. The zero-order chi connectivity index (χ0) is 21.5. The van der Waals surface area contributed by atoms with Gasteiger partial charge in [0.25, 0.3) is 0 Å². The summed E-state index contributed by atoms with van der Waals surface area (Å²) < 4.78 is 5.37. The van der Waals surface area contributed by atoms with Gasteiger partial charge in [-0.15, -0.1) is 0 Å². The van der Waals surface area contributed by atoms with Gasteiger partial charge >= 0.3 is 0 Å². The fraction of sp³-hybridized carbons (Fsp3) is 0.320. The van der Waals surface area contributed by atoms with Crippen molar-refractivity contribution in [1.82, 2.24) is 9.97 Å². The summed E-state index contributed by atoms with van der Waals surface area (Å²) >= 11 is 0. The molecule has 0 saturated carbocycles. The van der Waals surface area contributed by atoms with Crippen molar-refractivity contribution in [3.05, 3.63) is 71.1 Å². The highest BCUT2D eigenvalue weighted by atomic mass is 16.5. The molecular weight excluding hydrogens is 374 g/mol.